The molecule has 0 spiro atoms. The summed E-state index contributed by atoms with van der Waals surface area (Å²) >= 11 is 0. The Labute approximate surface area is 407 Å². The zero-order valence-corrected chi connectivity index (χ0v) is 38.3. The summed E-state index contributed by atoms with van der Waals surface area (Å²) in [5.41, 5.74) is 19.4. The van der Waals surface area contributed by atoms with E-state index in [1.165, 1.54) is 65.9 Å². The van der Waals surface area contributed by atoms with E-state index in [1.807, 2.05) is 0 Å². The van der Waals surface area contributed by atoms with Crippen LogP contribution in [0, 0.1) is 0 Å². The Hall–Kier alpha value is -9.38. The molecule has 0 amide bonds. The minimum atomic E-state index is 1.02. The van der Waals surface area contributed by atoms with Gasteiger partial charge in [-0.05, 0) is 137 Å². The number of hydrogen-bond acceptors (Lipinski definition) is 2. The smallest absolute Gasteiger partial charge is 0.0541 e. The number of nitrogens with one attached hydrogen (secondary N) is 1. The summed E-state index contributed by atoms with van der Waals surface area (Å²) in [6.07, 6.45) is 0. The molecule has 2 heterocycles. The monoisotopic (exact) mass is 894 g/mol. The van der Waals surface area contributed by atoms with E-state index >= 15 is 0 Å². The van der Waals surface area contributed by atoms with Crippen LogP contribution in [0.15, 0.2) is 273 Å². The summed E-state index contributed by atoms with van der Waals surface area (Å²) in [5, 5.41) is 8.73. The minimum Gasteiger partial charge on any atom is -0.355 e. The number of rotatable bonds is 10. The predicted molar refractivity (Wildman–Crippen MR) is 296 cm³/mol. The second-order valence-electron chi connectivity index (χ2n) is 17.8. The van der Waals surface area contributed by atoms with Gasteiger partial charge in [-0.15, -0.1) is 0 Å². The van der Waals surface area contributed by atoms with Crippen LogP contribution in [0.5, 0.6) is 0 Å². The molecule has 0 radical (unpaired) electrons. The molecule has 2 aromatic heterocycles. The van der Waals surface area contributed by atoms with Crippen molar-refractivity contribution in [1.82, 2.24) is 9.13 Å². The lowest BCUT2D eigenvalue weighted by Crippen LogP contribution is -2.10. The van der Waals surface area contributed by atoms with Crippen molar-refractivity contribution in [1.29, 1.82) is 0 Å². The molecule has 1 N–H and O–H groups in total. The summed E-state index contributed by atoms with van der Waals surface area (Å²) in [5.74, 6) is 0. The molecule has 0 saturated heterocycles. The van der Waals surface area contributed by atoms with Crippen molar-refractivity contribution in [2.24, 2.45) is 0 Å². The van der Waals surface area contributed by atoms with Gasteiger partial charge in [0.25, 0.3) is 0 Å². The quantitative estimate of drug-likeness (QED) is 0.148. The van der Waals surface area contributed by atoms with Crippen molar-refractivity contribution < 1.29 is 0 Å². The topological polar surface area (TPSA) is 25.1 Å². The molecular formula is C66H46N4. The summed E-state index contributed by atoms with van der Waals surface area (Å²) in [4.78, 5) is 2.34. The SMILES string of the molecule is c1ccc(-c2ccccc2Nc2ccc(N(c3ccc(-c4ccc(-n5c6ccccc6c6ccccc65)cc4)cc3)c3ccc(-c4ccc5c(c4)c4ccccc4n5-c4ccccc4)cc3)cc2)cc1. The van der Waals surface area contributed by atoms with Crippen LogP contribution in [0.1, 0.15) is 0 Å². The van der Waals surface area contributed by atoms with E-state index in [1.54, 1.807) is 0 Å². The first kappa shape index (κ1) is 40.9. The highest BCUT2D eigenvalue weighted by Gasteiger charge is 2.17. The number of para-hydroxylation sites is 5. The lowest BCUT2D eigenvalue weighted by Gasteiger charge is -2.26. The molecule has 0 aliphatic carbocycles. The van der Waals surface area contributed by atoms with Gasteiger partial charge >= 0.3 is 0 Å². The van der Waals surface area contributed by atoms with Gasteiger partial charge in [-0.2, -0.15) is 0 Å². The Bertz CT molecular complexity index is 3930. The molecule has 0 fully saturated rings. The number of hydrogen-bond donors (Lipinski definition) is 1. The highest BCUT2D eigenvalue weighted by Crippen LogP contribution is 2.40. The standard InChI is InChI=1S/C66H46N4/c1-3-15-49(16-4-1)57-19-7-11-23-62(57)67-51-34-42-55(43-35-51)68(53-36-27-46(28-37-53)47-29-40-56(41-30-47)70-63-24-12-8-20-58(63)59-21-9-13-25-64(59)70)54-38-31-48(32-39-54)50-33-44-66-61(45-50)60-22-10-14-26-65(60)69(66)52-17-5-2-6-18-52/h1-45,67H. The van der Waals surface area contributed by atoms with Crippen molar-refractivity contribution in [3.63, 3.8) is 0 Å². The third-order valence-electron chi connectivity index (χ3n) is 13.7. The van der Waals surface area contributed by atoms with E-state index < -0.39 is 0 Å². The zero-order valence-electron chi connectivity index (χ0n) is 38.3. The maximum Gasteiger partial charge on any atom is 0.0541 e. The van der Waals surface area contributed by atoms with Crippen LogP contribution in [0.25, 0.3) is 88.4 Å². The Kier molecular flexibility index (Phi) is 10.1. The van der Waals surface area contributed by atoms with Crippen molar-refractivity contribution in [2.75, 3.05) is 10.2 Å². The summed E-state index contributed by atoms with van der Waals surface area (Å²) in [7, 11) is 0. The maximum atomic E-state index is 3.71. The lowest BCUT2D eigenvalue weighted by atomic mass is 10.0. The van der Waals surface area contributed by atoms with Gasteiger partial charge in [0, 0.05) is 66.9 Å². The fourth-order valence-electron chi connectivity index (χ4n) is 10.4. The van der Waals surface area contributed by atoms with Crippen molar-refractivity contribution in [3.05, 3.63) is 273 Å². The third-order valence-corrected chi connectivity index (χ3v) is 13.7. The summed E-state index contributed by atoms with van der Waals surface area (Å²) < 4.78 is 4.73. The Balaban J connectivity index is 0.844. The van der Waals surface area contributed by atoms with Gasteiger partial charge in [0.2, 0.25) is 0 Å². The van der Waals surface area contributed by atoms with E-state index in [0.717, 1.165) is 50.9 Å². The molecule has 0 saturated carbocycles. The average molecular weight is 895 g/mol. The molecule has 0 aliphatic rings. The number of anilines is 5. The zero-order chi connectivity index (χ0) is 46.4. The Morgan fingerprint density at radius 3 is 1.24 bits per heavy atom. The van der Waals surface area contributed by atoms with Crippen LogP contribution in [0.3, 0.4) is 0 Å². The van der Waals surface area contributed by atoms with Gasteiger partial charge in [-0.25, -0.2) is 0 Å². The molecule has 11 aromatic carbocycles. The molecular weight excluding hydrogens is 849 g/mol. The summed E-state index contributed by atoms with van der Waals surface area (Å²) in [6, 6.07) is 98.3. The first-order chi connectivity index (χ1) is 34.7. The molecule has 70 heavy (non-hydrogen) atoms. The molecule has 13 rings (SSSR count). The largest absolute Gasteiger partial charge is 0.355 e. The van der Waals surface area contributed by atoms with Crippen molar-refractivity contribution >= 4 is 72.0 Å². The molecule has 4 heteroatoms. The highest BCUT2D eigenvalue weighted by atomic mass is 15.1. The number of benzene rings is 11. The van der Waals surface area contributed by atoms with Crippen molar-refractivity contribution in [3.8, 4) is 44.8 Å². The number of nitrogens with zero attached hydrogens (tertiary/aromatic N) is 3. The second kappa shape index (κ2) is 17.4. The summed E-state index contributed by atoms with van der Waals surface area (Å²) in [6.45, 7) is 0. The van der Waals surface area contributed by atoms with Crippen molar-refractivity contribution in [2.45, 2.75) is 0 Å². The first-order valence-corrected chi connectivity index (χ1v) is 23.9. The lowest BCUT2D eigenvalue weighted by molar-refractivity contribution is 1.18. The van der Waals surface area contributed by atoms with E-state index in [-0.39, 0.29) is 0 Å². The maximum absolute atomic E-state index is 3.71. The van der Waals surface area contributed by atoms with Gasteiger partial charge in [-0.3, -0.25) is 0 Å². The van der Waals surface area contributed by atoms with Crippen LogP contribution < -0.4 is 10.2 Å². The third kappa shape index (κ3) is 7.27. The Morgan fingerprint density at radius 2 is 0.671 bits per heavy atom. The van der Waals surface area contributed by atoms with Gasteiger partial charge in [0.1, 0.15) is 0 Å². The number of fused-ring (bicyclic) bond motifs is 6. The van der Waals surface area contributed by atoms with E-state index in [4.69, 9.17) is 0 Å². The van der Waals surface area contributed by atoms with Crippen LogP contribution in [-0.2, 0) is 0 Å². The van der Waals surface area contributed by atoms with E-state index in [9.17, 15) is 0 Å². The van der Waals surface area contributed by atoms with E-state index in [2.05, 4.69) is 292 Å². The second-order valence-corrected chi connectivity index (χ2v) is 17.8. The molecule has 4 nitrogen and oxygen atoms in total. The van der Waals surface area contributed by atoms with Crippen LogP contribution in [-0.4, -0.2) is 9.13 Å². The predicted octanol–water partition coefficient (Wildman–Crippen LogP) is 18.1. The normalized spacial score (nSPS) is 11.4. The van der Waals surface area contributed by atoms with E-state index in [0.29, 0.717) is 0 Å². The van der Waals surface area contributed by atoms with Gasteiger partial charge in [-0.1, -0.05) is 164 Å². The molecule has 0 unspecified atom stereocenters. The van der Waals surface area contributed by atoms with Gasteiger partial charge < -0.3 is 19.4 Å². The Morgan fingerprint density at radius 1 is 0.271 bits per heavy atom. The molecule has 0 bridgehead atoms. The van der Waals surface area contributed by atoms with Crippen LogP contribution >= 0.6 is 0 Å². The fourth-order valence-corrected chi connectivity index (χ4v) is 10.4. The molecule has 0 aliphatic heterocycles. The van der Waals surface area contributed by atoms with Crippen LogP contribution in [0.4, 0.5) is 28.4 Å². The minimum absolute atomic E-state index is 1.02. The van der Waals surface area contributed by atoms with Gasteiger partial charge in [0.05, 0.1) is 22.1 Å². The average Bonchev–Trinajstić information content (AvgIpc) is 3.95. The van der Waals surface area contributed by atoms with Gasteiger partial charge in [0.15, 0.2) is 0 Å². The molecule has 13 aromatic rings. The molecule has 330 valence electrons. The molecule has 0 atom stereocenters. The number of aromatic nitrogens is 2. The first-order valence-electron chi connectivity index (χ1n) is 23.9. The highest BCUT2D eigenvalue weighted by molar-refractivity contribution is 6.11. The van der Waals surface area contributed by atoms with Crippen LogP contribution in [0.2, 0.25) is 0 Å². The fraction of sp³-hybridized carbons (Fsp3) is 0.